The summed E-state index contributed by atoms with van der Waals surface area (Å²) in [6, 6.07) is 4.01. The van der Waals surface area contributed by atoms with Gasteiger partial charge in [0.2, 0.25) is 0 Å². The van der Waals surface area contributed by atoms with E-state index in [2.05, 4.69) is 25.1 Å². The lowest BCUT2D eigenvalue weighted by molar-refractivity contribution is -0.275. The second-order valence-corrected chi connectivity index (χ2v) is 5.55. The Kier molecular flexibility index (Phi) is 4.94. The molecular weight excluding hydrogens is 386 g/mol. The highest BCUT2D eigenvalue weighted by atomic mass is 19.4. The van der Waals surface area contributed by atoms with E-state index in [4.69, 9.17) is 0 Å². The molecule has 1 N–H and O–H groups in total. The number of fused-ring (bicyclic) bond motifs is 1. The molecule has 2 heterocycles. The predicted molar refractivity (Wildman–Crippen MR) is 85.0 cm³/mol. The van der Waals surface area contributed by atoms with Gasteiger partial charge >= 0.3 is 6.36 Å². The zero-order chi connectivity index (χ0) is 20.5. The van der Waals surface area contributed by atoms with Gasteiger partial charge in [0.15, 0.2) is 17.3 Å². The van der Waals surface area contributed by atoms with Crippen LogP contribution in [0.4, 0.5) is 17.6 Å². The fourth-order valence-electron chi connectivity index (χ4n) is 2.31. The van der Waals surface area contributed by atoms with Crippen molar-refractivity contribution in [1.29, 1.82) is 0 Å². The number of Topliss-reactive ketones (excluding diaryl/α,β-unsaturated/α-hetero) is 1. The molecule has 1 amide bonds. The van der Waals surface area contributed by atoms with Gasteiger partial charge in [-0.3, -0.25) is 9.59 Å². The Bertz CT molecular complexity index is 1060. The standard InChI is InChI=1S/C16H11F4N5O3/c1-8(26)12-5-11(24-15-22-7-23-25(12)15)14(27)21-6-9-2-3-10(17)13(4-9)28-16(18,19)20/h2-5,7H,6H2,1H3,(H,21,27). The zero-order valence-corrected chi connectivity index (χ0v) is 14.1. The highest BCUT2D eigenvalue weighted by Gasteiger charge is 2.32. The lowest BCUT2D eigenvalue weighted by Gasteiger charge is -2.11. The number of halogens is 4. The number of benzene rings is 1. The van der Waals surface area contributed by atoms with Crippen LogP contribution in [0.3, 0.4) is 0 Å². The van der Waals surface area contributed by atoms with Gasteiger partial charge in [0.25, 0.3) is 11.7 Å². The number of rotatable bonds is 5. The summed E-state index contributed by atoms with van der Waals surface area (Å²) in [5, 5.41) is 6.25. The van der Waals surface area contributed by atoms with Gasteiger partial charge in [-0.1, -0.05) is 6.07 Å². The molecule has 1 aromatic carbocycles. The first kappa shape index (κ1) is 19.2. The summed E-state index contributed by atoms with van der Waals surface area (Å²) in [4.78, 5) is 31.8. The zero-order valence-electron chi connectivity index (χ0n) is 14.1. The first-order chi connectivity index (χ1) is 13.1. The number of hydrogen-bond acceptors (Lipinski definition) is 6. The smallest absolute Gasteiger partial charge is 0.403 e. The van der Waals surface area contributed by atoms with Crippen LogP contribution in [0.5, 0.6) is 5.75 Å². The Balaban J connectivity index is 1.78. The van der Waals surface area contributed by atoms with Crippen molar-refractivity contribution in [3.05, 3.63) is 53.4 Å². The SMILES string of the molecule is CC(=O)c1cc(C(=O)NCc2ccc(F)c(OC(F)(F)F)c2)nc2ncnn12. The lowest BCUT2D eigenvalue weighted by Crippen LogP contribution is -2.25. The number of nitrogens with zero attached hydrogens (tertiary/aromatic N) is 4. The molecule has 0 unspecified atom stereocenters. The van der Waals surface area contributed by atoms with Gasteiger partial charge in [-0.15, -0.1) is 13.2 Å². The van der Waals surface area contributed by atoms with Gasteiger partial charge in [-0.05, 0) is 23.8 Å². The normalized spacial score (nSPS) is 11.5. The van der Waals surface area contributed by atoms with E-state index in [9.17, 15) is 27.2 Å². The second kappa shape index (κ2) is 7.21. The van der Waals surface area contributed by atoms with Crippen LogP contribution in [-0.2, 0) is 6.54 Å². The highest BCUT2D eigenvalue weighted by molar-refractivity contribution is 5.98. The molecule has 3 aromatic rings. The Hall–Kier alpha value is -3.57. The first-order valence-corrected chi connectivity index (χ1v) is 7.68. The average molecular weight is 397 g/mol. The van der Waals surface area contributed by atoms with Crippen LogP contribution in [0.2, 0.25) is 0 Å². The molecule has 0 fully saturated rings. The Morgan fingerprint density at radius 2 is 2.00 bits per heavy atom. The molecule has 146 valence electrons. The number of carbonyl (C=O) groups is 2. The molecule has 0 saturated carbocycles. The maximum Gasteiger partial charge on any atom is 0.573 e. The molecule has 0 saturated heterocycles. The summed E-state index contributed by atoms with van der Waals surface area (Å²) >= 11 is 0. The fourth-order valence-corrected chi connectivity index (χ4v) is 2.31. The number of hydrogen-bond donors (Lipinski definition) is 1. The third kappa shape index (κ3) is 4.22. The molecule has 8 nitrogen and oxygen atoms in total. The summed E-state index contributed by atoms with van der Waals surface area (Å²) in [6.07, 6.45) is -3.89. The molecule has 12 heteroatoms. The van der Waals surface area contributed by atoms with Crippen LogP contribution in [0.15, 0.2) is 30.6 Å². The van der Waals surface area contributed by atoms with Gasteiger partial charge < -0.3 is 10.1 Å². The van der Waals surface area contributed by atoms with Gasteiger partial charge in [0.05, 0.1) is 0 Å². The van der Waals surface area contributed by atoms with Gasteiger partial charge in [-0.25, -0.2) is 9.37 Å². The van der Waals surface area contributed by atoms with Crippen LogP contribution >= 0.6 is 0 Å². The minimum absolute atomic E-state index is 0.0282. The molecule has 0 aliphatic carbocycles. The minimum Gasteiger partial charge on any atom is -0.403 e. The molecule has 2 aromatic heterocycles. The number of ketones is 1. The predicted octanol–water partition coefficient (Wildman–Crippen LogP) is 2.29. The Labute approximate surface area is 154 Å². The fraction of sp³-hybridized carbons (Fsp3) is 0.188. The van der Waals surface area contributed by atoms with E-state index >= 15 is 0 Å². The number of carbonyl (C=O) groups excluding carboxylic acids is 2. The van der Waals surface area contributed by atoms with Gasteiger partial charge in [0.1, 0.15) is 17.7 Å². The van der Waals surface area contributed by atoms with Crippen molar-refractivity contribution < 1.29 is 31.9 Å². The number of alkyl halides is 3. The average Bonchev–Trinajstić information content (AvgIpc) is 3.08. The van der Waals surface area contributed by atoms with E-state index in [1.807, 2.05) is 0 Å². The summed E-state index contributed by atoms with van der Waals surface area (Å²) in [5.74, 6) is -3.27. The monoisotopic (exact) mass is 397 g/mol. The molecule has 0 radical (unpaired) electrons. The van der Waals surface area contributed by atoms with Crippen molar-refractivity contribution in [2.45, 2.75) is 19.8 Å². The maximum atomic E-state index is 13.4. The third-order valence-corrected chi connectivity index (χ3v) is 3.52. The maximum absolute atomic E-state index is 13.4. The topological polar surface area (TPSA) is 98.5 Å². The molecule has 0 aliphatic heterocycles. The number of nitrogens with one attached hydrogen (secondary N) is 1. The van der Waals surface area contributed by atoms with Crippen LogP contribution in [0, 0.1) is 5.82 Å². The summed E-state index contributed by atoms with van der Waals surface area (Å²) in [7, 11) is 0. The van der Waals surface area contributed by atoms with E-state index in [-0.39, 0.29) is 35.1 Å². The van der Waals surface area contributed by atoms with Crippen LogP contribution in [0.1, 0.15) is 33.5 Å². The van der Waals surface area contributed by atoms with Gasteiger partial charge in [0, 0.05) is 13.5 Å². The van der Waals surface area contributed by atoms with E-state index in [1.165, 1.54) is 23.6 Å². The van der Waals surface area contributed by atoms with Crippen molar-refractivity contribution >= 4 is 17.5 Å². The summed E-state index contributed by atoms with van der Waals surface area (Å²) in [6.45, 7) is 1.04. The minimum atomic E-state index is -5.05. The molecule has 28 heavy (non-hydrogen) atoms. The van der Waals surface area contributed by atoms with Crippen molar-refractivity contribution in [1.82, 2.24) is 24.9 Å². The second-order valence-electron chi connectivity index (χ2n) is 5.55. The van der Waals surface area contributed by atoms with Crippen molar-refractivity contribution in [3.8, 4) is 5.75 Å². The first-order valence-electron chi connectivity index (χ1n) is 7.68. The van der Waals surface area contributed by atoms with E-state index in [0.29, 0.717) is 0 Å². The Morgan fingerprint density at radius 3 is 2.68 bits per heavy atom. The molecule has 0 bridgehead atoms. The third-order valence-electron chi connectivity index (χ3n) is 3.52. The molecule has 3 rings (SSSR count). The van der Waals surface area contributed by atoms with Crippen LogP contribution in [0.25, 0.3) is 5.78 Å². The molecule has 0 spiro atoms. The molecule has 0 aliphatic rings. The van der Waals surface area contributed by atoms with Crippen LogP contribution < -0.4 is 10.1 Å². The molecule has 0 atom stereocenters. The van der Waals surface area contributed by atoms with E-state index < -0.39 is 23.8 Å². The molecular formula is C16H11F4N5O3. The van der Waals surface area contributed by atoms with E-state index in [0.717, 1.165) is 18.5 Å². The number of ether oxygens (including phenoxy) is 1. The van der Waals surface area contributed by atoms with Gasteiger partial charge in [-0.2, -0.15) is 14.6 Å². The largest absolute Gasteiger partial charge is 0.573 e. The number of amides is 1. The summed E-state index contributed by atoms with van der Waals surface area (Å²) < 4.78 is 55.0. The highest BCUT2D eigenvalue weighted by Crippen LogP contribution is 2.26. The van der Waals surface area contributed by atoms with Crippen molar-refractivity contribution in [2.75, 3.05) is 0 Å². The quantitative estimate of drug-likeness (QED) is 0.524. The van der Waals surface area contributed by atoms with Crippen molar-refractivity contribution in [2.24, 2.45) is 0 Å². The Morgan fingerprint density at radius 1 is 1.25 bits per heavy atom. The van der Waals surface area contributed by atoms with Crippen molar-refractivity contribution in [3.63, 3.8) is 0 Å². The van der Waals surface area contributed by atoms with Crippen LogP contribution in [-0.4, -0.2) is 37.6 Å². The number of aromatic nitrogens is 4. The lowest BCUT2D eigenvalue weighted by atomic mass is 10.2. The summed E-state index contributed by atoms with van der Waals surface area (Å²) in [5.41, 5.74) is 0.0965. The van der Waals surface area contributed by atoms with E-state index in [1.54, 1.807) is 0 Å².